The number of rotatable bonds is 2. The van der Waals surface area contributed by atoms with Crippen LogP contribution < -0.4 is 15.8 Å². The summed E-state index contributed by atoms with van der Waals surface area (Å²) in [5.74, 6) is 0.212. The van der Waals surface area contributed by atoms with Gasteiger partial charge in [-0.1, -0.05) is 6.07 Å². The molecule has 148 valence electrons. The summed E-state index contributed by atoms with van der Waals surface area (Å²) in [4.78, 5) is 29.5. The van der Waals surface area contributed by atoms with Crippen LogP contribution in [-0.4, -0.2) is 53.4 Å². The first-order valence-corrected chi connectivity index (χ1v) is 9.36. The van der Waals surface area contributed by atoms with Crippen LogP contribution in [0.2, 0.25) is 0 Å². The highest BCUT2D eigenvalue weighted by Gasteiger charge is 2.26. The molecule has 0 aliphatic carbocycles. The molecule has 1 aromatic carbocycles. The normalized spacial score (nSPS) is 18.6. The number of hydrogen-bond donors (Lipinski definition) is 2. The van der Waals surface area contributed by atoms with Crippen molar-refractivity contribution in [2.45, 2.75) is 18.8 Å². The van der Waals surface area contributed by atoms with Crippen molar-refractivity contribution in [1.82, 2.24) is 19.9 Å². The van der Waals surface area contributed by atoms with Crippen LogP contribution >= 0.6 is 12.4 Å². The number of fused-ring (bicyclic) bond motifs is 3. The standard InChI is InChI=1S/C19H21N5O3.ClH/c25-16-10-15(12-4-6-20-7-5-12)24-19(21-16)18-13(22-24)2-1-3-14(18)23-8-9-27-11-17(23)26;/h1-3,10,12,20H,4-9,11H2,(H,21,25);1H. The third-order valence-corrected chi connectivity index (χ3v) is 5.48. The summed E-state index contributed by atoms with van der Waals surface area (Å²) in [6.45, 7) is 2.94. The highest BCUT2D eigenvalue weighted by Crippen LogP contribution is 2.32. The van der Waals surface area contributed by atoms with E-state index in [0.29, 0.717) is 24.7 Å². The van der Waals surface area contributed by atoms with Gasteiger partial charge in [0.25, 0.3) is 11.5 Å². The van der Waals surface area contributed by atoms with Gasteiger partial charge in [-0.3, -0.25) is 9.59 Å². The van der Waals surface area contributed by atoms with E-state index in [4.69, 9.17) is 9.84 Å². The van der Waals surface area contributed by atoms with Crippen LogP contribution in [0.1, 0.15) is 24.5 Å². The third-order valence-electron chi connectivity index (χ3n) is 5.48. The molecule has 2 aliphatic heterocycles. The molecule has 9 heteroatoms. The lowest BCUT2D eigenvalue weighted by Gasteiger charge is -2.27. The van der Waals surface area contributed by atoms with Crippen LogP contribution in [0.4, 0.5) is 5.69 Å². The molecule has 2 N–H and O–H groups in total. The van der Waals surface area contributed by atoms with E-state index in [1.54, 1.807) is 11.0 Å². The Hall–Kier alpha value is -2.42. The first kappa shape index (κ1) is 18.9. The van der Waals surface area contributed by atoms with E-state index in [2.05, 4.69) is 10.3 Å². The Morgan fingerprint density at radius 3 is 2.79 bits per heavy atom. The van der Waals surface area contributed by atoms with Crippen molar-refractivity contribution in [3.63, 3.8) is 0 Å². The number of amides is 1. The number of carbonyl (C=O) groups excluding carboxylic acids is 1. The van der Waals surface area contributed by atoms with Gasteiger partial charge in [-0.15, -0.1) is 12.4 Å². The van der Waals surface area contributed by atoms with E-state index in [0.717, 1.165) is 48.2 Å². The largest absolute Gasteiger partial charge is 0.370 e. The minimum Gasteiger partial charge on any atom is -0.370 e. The topological polar surface area (TPSA) is 91.7 Å². The summed E-state index contributed by atoms with van der Waals surface area (Å²) in [6, 6.07) is 7.38. The average Bonchev–Trinajstić information content (AvgIpc) is 3.07. The molecule has 0 atom stereocenters. The summed E-state index contributed by atoms with van der Waals surface area (Å²) in [5, 5.41) is 8.93. The van der Waals surface area contributed by atoms with Gasteiger partial charge in [0.15, 0.2) is 0 Å². The molecule has 1 amide bonds. The molecule has 2 aromatic heterocycles. The highest BCUT2D eigenvalue weighted by molar-refractivity contribution is 6.08. The Kier molecular flexibility index (Phi) is 5.09. The van der Waals surface area contributed by atoms with E-state index < -0.39 is 0 Å². The van der Waals surface area contributed by atoms with Crippen LogP contribution in [0, 0.1) is 0 Å². The number of H-pyrrole nitrogens is 1. The second-order valence-corrected chi connectivity index (χ2v) is 7.11. The molecule has 2 fully saturated rings. The minimum atomic E-state index is -0.138. The summed E-state index contributed by atoms with van der Waals surface area (Å²) < 4.78 is 7.11. The molecular weight excluding hydrogens is 382 g/mol. The Balaban J connectivity index is 0.00000192. The molecule has 0 bridgehead atoms. The fourth-order valence-electron chi connectivity index (χ4n) is 4.17. The van der Waals surface area contributed by atoms with Gasteiger partial charge in [-0.2, -0.15) is 5.10 Å². The number of aromatic amines is 1. The number of ether oxygens (including phenoxy) is 1. The van der Waals surface area contributed by atoms with Gasteiger partial charge in [0.2, 0.25) is 0 Å². The fraction of sp³-hybridized carbons (Fsp3) is 0.421. The van der Waals surface area contributed by atoms with Crippen molar-refractivity contribution < 1.29 is 9.53 Å². The van der Waals surface area contributed by atoms with Gasteiger partial charge < -0.3 is 19.9 Å². The SMILES string of the molecule is Cl.O=C1COCCN1c1cccc2nn3c(C4CCNCC4)cc(=O)[nH]c3c12. The molecule has 2 aliphatic rings. The molecular formula is C19H22ClN5O3. The van der Waals surface area contributed by atoms with Crippen molar-refractivity contribution >= 4 is 40.6 Å². The number of piperidine rings is 1. The molecule has 5 rings (SSSR count). The lowest BCUT2D eigenvalue weighted by Crippen LogP contribution is -2.41. The van der Waals surface area contributed by atoms with Gasteiger partial charge in [0.05, 0.1) is 28.9 Å². The molecule has 4 heterocycles. The second kappa shape index (κ2) is 7.54. The van der Waals surface area contributed by atoms with E-state index in [9.17, 15) is 9.59 Å². The molecule has 0 saturated carbocycles. The Labute approximate surface area is 167 Å². The Bertz CT molecular complexity index is 1090. The predicted molar refractivity (Wildman–Crippen MR) is 109 cm³/mol. The molecule has 0 unspecified atom stereocenters. The first-order chi connectivity index (χ1) is 13.2. The van der Waals surface area contributed by atoms with Gasteiger partial charge in [0, 0.05) is 18.5 Å². The number of benzene rings is 1. The molecule has 8 nitrogen and oxygen atoms in total. The average molecular weight is 404 g/mol. The van der Waals surface area contributed by atoms with Gasteiger partial charge >= 0.3 is 0 Å². The van der Waals surface area contributed by atoms with Crippen molar-refractivity contribution in [1.29, 1.82) is 0 Å². The van der Waals surface area contributed by atoms with Crippen LogP contribution in [-0.2, 0) is 9.53 Å². The molecule has 28 heavy (non-hydrogen) atoms. The maximum Gasteiger partial charge on any atom is 0.253 e. The van der Waals surface area contributed by atoms with Crippen LogP contribution in [0.15, 0.2) is 29.1 Å². The zero-order valence-corrected chi connectivity index (χ0v) is 16.1. The van der Waals surface area contributed by atoms with Crippen molar-refractivity contribution in [3.8, 4) is 0 Å². The monoisotopic (exact) mass is 403 g/mol. The number of halogens is 1. The van der Waals surface area contributed by atoms with E-state index in [1.165, 1.54) is 0 Å². The second-order valence-electron chi connectivity index (χ2n) is 7.11. The number of morpholine rings is 1. The van der Waals surface area contributed by atoms with Crippen molar-refractivity contribution in [3.05, 3.63) is 40.3 Å². The van der Waals surface area contributed by atoms with Gasteiger partial charge in [-0.25, -0.2) is 4.52 Å². The fourth-order valence-corrected chi connectivity index (χ4v) is 4.17. The number of hydrogen-bond acceptors (Lipinski definition) is 5. The summed E-state index contributed by atoms with van der Waals surface area (Å²) in [7, 11) is 0. The molecule has 0 radical (unpaired) electrons. The highest BCUT2D eigenvalue weighted by atomic mass is 35.5. The zero-order chi connectivity index (χ0) is 18.4. The lowest BCUT2D eigenvalue weighted by atomic mass is 9.94. The summed E-state index contributed by atoms with van der Waals surface area (Å²) in [5.41, 5.74) is 2.99. The number of anilines is 1. The van der Waals surface area contributed by atoms with Crippen LogP contribution in [0.25, 0.3) is 16.6 Å². The quantitative estimate of drug-likeness (QED) is 0.675. The number of nitrogens with one attached hydrogen (secondary N) is 2. The zero-order valence-electron chi connectivity index (χ0n) is 15.3. The Morgan fingerprint density at radius 2 is 2.00 bits per heavy atom. The molecule has 2 saturated heterocycles. The summed E-state index contributed by atoms with van der Waals surface area (Å²) in [6.07, 6.45) is 1.95. The smallest absolute Gasteiger partial charge is 0.253 e. The predicted octanol–water partition coefficient (Wildman–Crippen LogP) is 1.43. The summed E-state index contributed by atoms with van der Waals surface area (Å²) >= 11 is 0. The maximum absolute atomic E-state index is 12.4. The van der Waals surface area contributed by atoms with E-state index in [-0.39, 0.29) is 30.5 Å². The van der Waals surface area contributed by atoms with Crippen molar-refractivity contribution in [2.75, 3.05) is 37.7 Å². The molecule has 3 aromatic rings. The van der Waals surface area contributed by atoms with Crippen LogP contribution in [0.3, 0.4) is 0 Å². The van der Waals surface area contributed by atoms with Gasteiger partial charge in [0.1, 0.15) is 12.3 Å². The van der Waals surface area contributed by atoms with Gasteiger partial charge in [-0.05, 0) is 38.1 Å². The third kappa shape index (κ3) is 3.07. The first-order valence-electron chi connectivity index (χ1n) is 9.36. The number of nitrogens with zero attached hydrogens (tertiary/aromatic N) is 3. The minimum absolute atomic E-state index is 0. The maximum atomic E-state index is 12.4. The van der Waals surface area contributed by atoms with Crippen molar-refractivity contribution in [2.24, 2.45) is 0 Å². The lowest BCUT2D eigenvalue weighted by molar-refractivity contribution is -0.125. The van der Waals surface area contributed by atoms with Crippen LogP contribution in [0.5, 0.6) is 0 Å². The van der Waals surface area contributed by atoms with E-state index >= 15 is 0 Å². The van der Waals surface area contributed by atoms with E-state index in [1.807, 2.05) is 22.7 Å². The number of aromatic nitrogens is 3. The molecule has 0 spiro atoms. The number of carbonyl (C=O) groups is 1. The Morgan fingerprint density at radius 1 is 1.18 bits per heavy atom.